The number of nitrogens with one attached hydrogen (secondary N) is 1. The first-order valence-corrected chi connectivity index (χ1v) is 16.2. The molecule has 1 amide bonds. The summed E-state index contributed by atoms with van der Waals surface area (Å²) in [6, 6.07) is 23.8. The van der Waals surface area contributed by atoms with Gasteiger partial charge in [-0.15, -0.1) is 10.2 Å². The summed E-state index contributed by atoms with van der Waals surface area (Å²) in [5, 5.41) is 21.6. The van der Waals surface area contributed by atoms with Crippen LogP contribution in [-0.4, -0.2) is 45.1 Å². The highest BCUT2D eigenvalue weighted by Crippen LogP contribution is 2.40. The molecule has 44 heavy (non-hydrogen) atoms. The van der Waals surface area contributed by atoms with Crippen LogP contribution in [0.25, 0.3) is 11.1 Å². The van der Waals surface area contributed by atoms with Crippen molar-refractivity contribution in [3.05, 3.63) is 100 Å². The van der Waals surface area contributed by atoms with Crippen molar-refractivity contribution in [2.45, 2.75) is 69.3 Å². The number of esters is 1. The van der Waals surface area contributed by atoms with Crippen molar-refractivity contribution in [1.82, 2.24) is 15.5 Å². The van der Waals surface area contributed by atoms with Crippen molar-refractivity contribution in [1.29, 1.82) is 0 Å². The molecule has 4 aromatic rings. The van der Waals surface area contributed by atoms with E-state index in [0.29, 0.717) is 18.7 Å². The fraction of sp³-hybridized carbons (Fsp3) is 0.333. The van der Waals surface area contributed by atoms with E-state index in [1.807, 2.05) is 79.7 Å². The van der Waals surface area contributed by atoms with E-state index in [0.717, 1.165) is 42.7 Å². The first-order chi connectivity index (χ1) is 21.3. The lowest BCUT2D eigenvalue weighted by atomic mass is 9.97. The molecule has 0 unspecified atom stereocenters. The van der Waals surface area contributed by atoms with Gasteiger partial charge in [-0.3, -0.25) is 9.59 Å². The number of ether oxygens (including phenoxy) is 3. The fourth-order valence-electron chi connectivity index (χ4n) is 4.93. The van der Waals surface area contributed by atoms with Crippen LogP contribution in [0.4, 0.5) is 0 Å². The van der Waals surface area contributed by atoms with Crippen molar-refractivity contribution in [3.63, 3.8) is 0 Å². The molecule has 3 aromatic carbocycles. The minimum Gasteiger partial charge on any atom is -0.453 e. The van der Waals surface area contributed by atoms with Crippen molar-refractivity contribution in [2.24, 2.45) is 0 Å². The molecular weight excluding hydrogens is 599 g/mol. The Morgan fingerprint density at radius 1 is 1.05 bits per heavy atom. The zero-order chi connectivity index (χ0) is 31.1. The zero-order valence-corrected chi connectivity index (χ0v) is 26.4. The third-order valence-electron chi connectivity index (χ3n) is 7.19. The highest BCUT2D eigenvalue weighted by molar-refractivity contribution is 8.01. The molecule has 0 saturated carbocycles. The summed E-state index contributed by atoms with van der Waals surface area (Å²) in [5.41, 5.74) is 5.68. The Labute approximate surface area is 265 Å². The Balaban J connectivity index is 1.31. The highest BCUT2D eigenvalue weighted by atomic mass is 32.2. The number of rotatable bonds is 11. The molecule has 1 fully saturated rings. The summed E-state index contributed by atoms with van der Waals surface area (Å²) in [4.78, 5) is 23.6. The molecule has 2 N–H and O–H groups in total. The average molecular weight is 634 g/mol. The van der Waals surface area contributed by atoms with Gasteiger partial charge in [0.15, 0.2) is 16.7 Å². The lowest BCUT2D eigenvalue weighted by Gasteiger charge is -2.36. The number of amides is 1. The Kier molecular flexibility index (Phi) is 10.8. The highest BCUT2D eigenvalue weighted by Gasteiger charge is 2.32. The van der Waals surface area contributed by atoms with Crippen LogP contribution >= 0.6 is 23.1 Å². The quantitative estimate of drug-likeness (QED) is 0.153. The maximum atomic E-state index is 12.4. The van der Waals surface area contributed by atoms with Gasteiger partial charge in [-0.1, -0.05) is 95.9 Å². The second-order valence-electron chi connectivity index (χ2n) is 10.5. The van der Waals surface area contributed by atoms with Gasteiger partial charge in [-0.05, 0) is 41.7 Å². The minimum absolute atomic E-state index is 0.00663. The lowest BCUT2D eigenvalue weighted by Crippen LogP contribution is -2.35. The molecule has 0 bridgehead atoms. The number of carbonyl (C=O) groups excluding carboxylic acids is 2. The second-order valence-corrected chi connectivity index (χ2v) is 12.9. The number of thioether (sulfide) groups is 1. The zero-order valence-electron chi connectivity index (χ0n) is 24.8. The summed E-state index contributed by atoms with van der Waals surface area (Å²) in [5.74, 6) is -0.138. The number of hydrogen-bond donors (Lipinski definition) is 2. The van der Waals surface area contributed by atoms with E-state index < -0.39 is 18.4 Å². The third-order valence-corrected chi connectivity index (χ3v) is 9.30. The van der Waals surface area contributed by atoms with Gasteiger partial charge in [0.25, 0.3) is 5.91 Å². The van der Waals surface area contributed by atoms with Crippen molar-refractivity contribution in [2.75, 3.05) is 5.75 Å². The number of aryl methyl sites for hydroxylation is 1. The Bertz CT molecular complexity index is 1560. The van der Waals surface area contributed by atoms with Crippen LogP contribution in [0, 0.1) is 6.92 Å². The summed E-state index contributed by atoms with van der Waals surface area (Å²) in [6.07, 6.45) is -1.01. The van der Waals surface area contributed by atoms with E-state index in [1.165, 1.54) is 6.92 Å². The fourth-order valence-corrected chi connectivity index (χ4v) is 6.79. The molecule has 1 aliphatic rings. The van der Waals surface area contributed by atoms with E-state index in [2.05, 4.69) is 15.5 Å². The van der Waals surface area contributed by atoms with Gasteiger partial charge >= 0.3 is 5.97 Å². The molecule has 230 valence electrons. The molecule has 11 heteroatoms. The summed E-state index contributed by atoms with van der Waals surface area (Å²) >= 11 is 3.21. The SMILES string of the molecule is CC(=O)O[C@@H](C)C(=O)NCc1ccccc1-c1ccc([C@@H]2O[C@H](CSc3nnc(C)s3)C[C@H](c3ccc(CO)cc3)O2)cc1. The molecule has 9 nitrogen and oxygen atoms in total. The van der Waals surface area contributed by atoms with Crippen molar-refractivity contribution in [3.8, 4) is 11.1 Å². The van der Waals surface area contributed by atoms with Crippen LogP contribution in [-0.2, 0) is 37.0 Å². The standard InChI is InChI=1S/C33H35N3O6S2/c1-20(40-22(3)38)31(39)34-17-27-6-4-5-7-29(27)24-12-14-26(15-13-24)32-41-28(19-43-33-36-35-21(2)44-33)16-30(42-32)25-10-8-23(18-37)9-11-25/h4-15,20,28,30,32,37H,16-19H2,1-3H3,(H,34,39)/t20-,28-,30+,32+/m0/s1. The van der Waals surface area contributed by atoms with E-state index >= 15 is 0 Å². The molecule has 0 radical (unpaired) electrons. The van der Waals surface area contributed by atoms with E-state index in [4.69, 9.17) is 14.2 Å². The average Bonchev–Trinajstić information content (AvgIpc) is 3.47. The van der Waals surface area contributed by atoms with E-state index in [1.54, 1.807) is 30.0 Å². The van der Waals surface area contributed by atoms with Gasteiger partial charge in [-0.25, -0.2) is 0 Å². The number of nitrogens with zero attached hydrogens (tertiary/aromatic N) is 2. The van der Waals surface area contributed by atoms with Crippen molar-refractivity contribution >= 4 is 35.0 Å². The second kappa shape index (κ2) is 14.9. The number of carbonyl (C=O) groups is 2. The maximum absolute atomic E-state index is 12.4. The molecule has 1 aromatic heterocycles. The third kappa shape index (κ3) is 8.30. The number of aliphatic hydroxyl groups is 1. The lowest BCUT2D eigenvalue weighted by molar-refractivity contribution is -0.245. The van der Waals surface area contributed by atoms with Crippen LogP contribution in [0.2, 0.25) is 0 Å². The smallest absolute Gasteiger partial charge is 0.303 e. The number of benzene rings is 3. The van der Waals surface area contributed by atoms with Gasteiger partial charge in [0.2, 0.25) is 0 Å². The van der Waals surface area contributed by atoms with Gasteiger partial charge in [0.05, 0.1) is 18.8 Å². The first kappa shape index (κ1) is 31.8. The van der Waals surface area contributed by atoms with Gasteiger partial charge < -0.3 is 24.6 Å². The number of aromatic nitrogens is 2. The first-order valence-electron chi connectivity index (χ1n) is 14.4. The van der Waals surface area contributed by atoms with Crippen LogP contribution < -0.4 is 5.32 Å². The van der Waals surface area contributed by atoms with E-state index in [-0.39, 0.29) is 24.7 Å². The molecule has 0 aliphatic carbocycles. The molecule has 0 spiro atoms. The predicted molar refractivity (Wildman–Crippen MR) is 169 cm³/mol. The van der Waals surface area contributed by atoms with Gasteiger partial charge in [-0.2, -0.15) is 0 Å². The largest absolute Gasteiger partial charge is 0.453 e. The molecule has 4 atom stereocenters. The van der Waals surface area contributed by atoms with Gasteiger partial charge in [0.1, 0.15) is 5.01 Å². The Morgan fingerprint density at radius 3 is 2.45 bits per heavy atom. The summed E-state index contributed by atoms with van der Waals surface area (Å²) in [7, 11) is 0. The van der Waals surface area contributed by atoms with E-state index in [9.17, 15) is 14.7 Å². The molecule has 1 saturated heterocycles. The summed E-state index contributed by atoms with van der Waals surface area (Å²) < 4.78 is 18.9. The Morgan fingerprint density at radius 2 is 1.77 bits per heavy atom. The summed E-state index contributed by atoms with van der Waals surface area (Å²) in [6.45, 7) is 5.06. The predicted octanol–water partition coefficient (Wildman–Crippen LogP) is 5.91. The molecular formula is C33H35N3O6S2. The van der Waals surface area contributed by atoms with Gasteiger partial charge in [0, 0.05) is 31.2 Å². The number of hydrogen-bond acceptors (Lipinski definition) is 10. The Hall–Kier alpha value is -3.61. The van der Waals surface area contributed by atoms with Crippen molar-refractivity contribution < 1.29 is 28.9 Å². The van der Waals surface area contributed by atoms with Crippen LogP contribution in [0.15, 0.2) is 77.1 Å². The van der Waals surface area contributed by atoms with Crippen LogP contribution in [0.1, 0.15) is 59.9 Å². The van der Waals surface area contributed by atoms with Crippen LogP contribution in [0.5, 0.6) is 0 Å². The monoisotopic (exact) mass is 633 g/mol. The molecule has 1 aliphatic heterocycles. The molecule has 5 rings (SSSR count). The normalized spacial score (nSPS) is 18.9. The number of aliphatic hydroxyl groups excluding tert-OH is 1. The maximum Gasteiger partial charge on any atom is 0.303 e. The topological polar surface area (TPSA) is 120 Å². The van der Waals surface area contributed by atoms with Crippen LogP contribution in [0.3, 0.4) is 0 Å². The molecule has 2 heterocycles. The minimum atomic E-state index is -0.865.